The van der Waals surface area contributed by atoms with Gasteiger partial charge in [-0.3, -0.25) is 0 Å². The molecule has 1 saturated carbocycles. The normalized spacial score (nSPS) is 22.3. The van der Waals surface area contributed by atoms with Crippen molar-refractivity contribution in [1.82, 2.24) is 0 Å². The quantitative estimate of drug-likeness (QED) is 0.511. The van der Waals surface area contributed by atoms with Crippen LogP contribution in [0.3, 0.4) is 0 Å². The maximum atomic E-state index is 12.3. The molecule has 1 fully saturated rings. The highest BCUT2D eigenvalue weighted by atomic mass is 19.4. The van der Waals surface area contributed by atoms with Crippen LogP contribution in [-0.2, 0) is 0 Å². The zero-order valence-corrected chi connectivity index (χ0v) is 10.6. The molecule has 1 aromatic rings. The van der Waals surface area contributed by atoms with Gasteiger partial charge in [0.25, 0.3) is 0 Å². The Kier molecular flexibility index (Phi) is 4.19. The molecule has 2 rings (SSSR count). The summed E-state index contributed by atoms with van der Waals surface area (Å²) in [6, 6.07) is 4.43. The van der Waals surface area contributed by atoms with E-state index in [1.165, 1.54) is 12.1 Å². The van der Waals surface area contributed by atoms with Gasteiger partial charge in [-0.05, 0) is 18.6 Å². The molecule has 0 bridgehead atoms. The predicted molar refractivity (Wildman–Crippen MR) is 66.3 cm³/mol. The number of hydrogen-bond donors (Lipinski definition) is 2. The maximum Gasteiger partial charge on any atom is 0.573 e. The van der Waals surface area contributed by atoms with E-state index in [-0.39, 0.29) is 18.1 Å². The molecule has 0 aliphatic heterocycles. The van der Waals surface area contributed by atoms with E-state index in [2.05, 4.69) is 15.0 Å². The number of halogens is 5. The molecule has 1 aromatic carbocycles. The third kappa shape index (κ3) is 4.76. The molecule has 0 heterocycles. The largest absolute Gasteiger partial charge is 0.573 e. The van der Waals surface area contributed by atoms with Crippen LogP contribution in [0.2, 0.25) is 0 Å². The van der Waals surface area contributed by atoms with E-state index in [1.807, 2.05) is 0 Å². The lowest BCUT2D eigenvalue weighted by molar-refractivity contribution is -0.274. The summed E-state index contributed by atoms with van der Waals surface area (Å²) in [5.74, 6) is -1.35. The van der Waals surface area contributed by atoms with Gasteiger partial charge >= 0.3 is 6.36 Å². The first kappa shape index (κ1) is 15.3. The molecule has 0 amide bonds. The molecule has 0 radical (unpaired) electrons. The fraction of sp³-hybridized carbons (Fsp3) is 0.417. The Morgan fingerprint density at radius 1 is 1.38 bits per heavy atom. The topological polar surface area (TPSA) is 59.6 Å². The molecular formula is C12H12F5N3O. The highest BCUT2D eigenvalue weighted by molar-refractivity contribution is 5.92. The molecule has 1 aliphatic carbocycles. The second kappa shape index (κ2) is 5.74. The minimum atomic E-state index is -4.79. The summed E-state index contributed by atoms with van der Waals surface area (Å²) < 4.78 is 64.6. The number of nitrogens with zero attached hydrogens (tertiary/aromatic N) is 1. The number of benzene rings is 1. The average molecular weight is 309 g/mol. The van der Waals surface area contributed by atoms with Gasteiger partial charge in [0.2, 0.25) is 6.43 Å². The van der Waals surface area contributed by atoms with Crippen molar-refractivity contribution < 1.29 is 26.7 Å². The highest BCUT2D eigenvalue weighted by Gasteiger charge is 2.44. The molecule has 0 saturated heterocycles. The van der Waals surface area contributed by atoms with Gasteiger partial charge in [0.15, 0.2) is 5.96 Å². The summed E-state index contributed by atoms with van der Waals surface area (Å²) in [5, 5.41) is 2.53. The van der Waals surface area contributed by atoms with Crippen LogP contribution >= 0.6 is 0 Å². The molecule has 0 unspecified atom stereocenters. The van der Waals surface area contributed by atoms with Gasteiger partial charge in [0, 0.05) is 17.7 Å². The minimum absolute atomic E-state index is 0.132. The van der Waals surface area contributed by atoms with Crippen LogP contribution in [-0.4, -0.2) is 24.8 Å². The molecule has 3 N–H and O–H groups in total. The maximum absolute atomic E-state index is 12.3. The number of nitrogens with one attached hydrogen (secondary N) is 1. The van der Waals surface area contributed by atoms with E-state index >= 15 is 0 Å². The first-order valence-corrected chi connectivity index (χ1v) is 5.99. The van der Waals surface area contributed by atoms with Crippen LogP contribution in [0.25, 0.3) is 0 Å². The zero-order valence-electron chi connectivity index (χ0n) is 10.6. The number of anilines is 1. The van der Waals surface area contributed by atoms with Crippen molar-refractivity contribution in [2.75, 3.05) is 5.32 Å². The van der Waals surface area contributed by atoms with Crippen LogP contribution in [0.5, 0.6) is 5.75 Å². The van der Waals surface area contributed by atoms with Crippen molar-refractivity contribution in [2.45, 2.75) is 25.3 Å². The molecule has 21 heavy (non-hydrogen) atoms. The number of guanidine groups is 1. The molecular weight excluding hydrogens is 297 g/mol. The fourth-order valence-corrected chi connectivity index (χ4v) is 1.75. The zero-order chi connectivity index (χ0) is 15.6. The van der Waals surface area contributed by atoms with Crippen LogP contribution in [0.4, 0.5) is 27.6 Å². The van der Waals surface area contributed by atoms with Crippen molar-refractivity contribution in [1.29, 1.82) is 0 Å². The van der Waals surface area contributed by atoms with E-state index < -0.39 is 30.5 Å². The van der Waals surface area contributed by atoms with Gasteiger partial charge < -0.3 is 15.8 Å². The lowest BCUT2D eigenvalue weighted by Crippen LogP contribution is -2.23. The first-order valence-electron chi connectivity index (χ1n) is 5.99. The van der Waals surface area contributed by atoms with Gasteiger partial charge in [-0.2, -0.15) is 0 Å². The predicted octanol–water partition coefficient (Wildman–Crippen LogP) is 2.97. The minimum Gasteiger partial charge on any atom is -0.406 e. The van der Waals surface area contributed by atoms with Crippen LogP contribution < -0.4 is 15.8 Å². The highest BCUT2D eigenvalue weighted by Crippen LogP contribution is 2.39. The Bertz CT molecular complexity index is 532. The van der Waals surface area contributed by atoms with Crippen molar-refractivity contribution in [3.8, 4) is 5.75 Å². The summed E-state index contributed by atoms with van der Waals surface area (Å²) in [5.41, 5.74) is 5.73. The Balaban J connectivity index is 1.97. The summed E-state index contributed by atoms with van der Waals surface area (Å²) in [7, 11) is 0. The lowest BCUT2D eigenvalue weighted by Gasteiger charge is -2.11. The monoisotopic (exact) mass is 309 g/mol. The first-order chi connectivity index (χ1) is 9.74. The Hall–Kier alpha value is -2.06. The lowest BCUT2D eigenvalue weighted by atomic mass is 10.3. The SMILES string of the molecule is NC(=N[C@H]1C[C@@H]1C(F)F)Nc1cccc(OC(F)(F)F)c1. The molecule has 1 aliphatic rings. The summed E-state index contributed by atoms with van der Waals surface area (Å²) in [6.45, 7) is 0. The second-order valence-electron chi connectivity index (χ2n) is 4.52. The molecule has 2 atom stereocenters. The number of ether oxygens (including phenoxy) is 1. The van der Waals surface area contributed by atoms with E-state index in [0.29, 0.717) is 0 Å². The molecule has 116 valence electrons. The van der Waals surface area contributed by atoms with E-state index in [4.69, 9.17) is 5.73 Å². The van der Waals surface area contributed by atoms with Gasteiger partial charge in [0.1, 0.15) is 5.75 Å². The molecule has 0 spiro atoms. The van der Waals surface area contributed by atoms with Gasteiger partial charge in [-0.1, -0.05) is 6.07 Å². The third-order valence-corrected chi connectivity index (χ3v) is 2.77. The van der Waals surface area contributed by atoms with Crippen LogP contribution in [0.1, 0.15) is 6.42 Å². The Morgan fingerprint density at radius 3 is 2.67 bits per heavy atom. The molecule has 4 nitrogen and oxygen atoms in total. The fourth-order valence-electron chi connectivity index (χ4n) is 1.75. The van der Waals surface area contributed by atoms with E-state index in [1.54, 1.807) is 0 Å². The smallest absolute Gasteiger partial charge is 0.406 e. The van der Waals surface area contributed by atoms with Gasteiger partial charge in [-0.25, -0.2) is 13.8 Å². The second-order valence-corrected chi connectivity index (χ2v) is 4.52. The number of rotatable bonds is 4. The summed E-state index contributed by atoms with van der Waals surface area (Å²) in [6.07, 6.45) is -7.00. The summed E-state index contributed by atoms with van der Waals surface area (Å²) in [4.78, 5) is 3.83. The van der Waals surface area contributed by atoms with Crippen LogP contribution in [0.15, 0.2) is 29.3 Å². The van der Waals surface area contributed by atoms with E-state index in [9.17, 15) is 22.0 Å². The van der Waals surface area contributed by atoms with Crippen molar-refractivity contribution >= 4 is 11.6 Å². The Labute approximate surface area is 116 Å². The molecule has 0 aromatic heterocycles. The van der Waals surface area contributed by atoms with Crippen molar-refractivity contribution in [3.05, 3.63) is 24.3 Å². The molecule has 9 heteroatoms. The number of aliphatic imine (C=N–C) groups is 1. The van der Waals surface area contributed by atoms with Gasteiger partial charge in [0.05, 0.1) is 6.04 Å². The van der Waals surface area contributed by atoms with Crippen molar-refractivity contribution in [2.24, 2.45) is 16.6 Å². The van der Waals surface area contributed by atoms with E-state index in [0.717, 1.165) is 12.1 Å². The number of alkyl halides is 5. The van der Waals surface area contributed by atoms with Gasteiger partial charge in [-0.15, -0.1) is 13.2 Å². The Morgan fingerprint density at radius 2 is 2.10 bits per heavy atom. The third-order valence-electron chi connectivity index (χ3n) is 2.77. The summed E-state index contributed by atoms with van der Waals surface area (Å²) >= 11 is 0. The van der Waals surface area contributed by atoms with Crippen molar-refractivity contribution in [3.63, 3.8) is 0 Å². The number of nitrogens with two attached hydrogens (primary N) is 1. The standard InChI is InChI=1S/C12H12F5N3O/c13-10(14)8-5-9(8)20-11(18)19-6-2-1-3-7(4-6)21-12(15,16)17/h1-4,8-10H,5H2,(H3,18,19,20)/t8-,9-/m0/s1. The van der Waals surface area contributed by atoms with Crippen LogP contribution in [0, 0.1) is 5.92 Å². The average Bonchev–Trinajstić information content (AvgIpc) is 3.06. The number of hydrogen-bond acceptors (Lipinski definition) is 2.